The molecule has 0 spiro atoms. The molecule has 0 aliphatic carbocycles. The number of benzene rings is 1. The maximum atomic E-state index is 5.90. The summed E-state index contributed by atoms with van der Waals surface area (Å²) in [6.07, 6.45) is 2.31. The van der Waals surface area contributed by atoms with Gasteiger partial charge in [0.05, 0.1) is 26.0 Å². The summed E-state index contributed by atoms with van der Waals surface area (Å²) in [6.45, 7) is 5.75. The van der Waals surface area contributed by atoms with Gasteiger partial charge in [0.2, 0.25) is 0 Å². The van der Waals surface area contributed by atoms with Gasteiger partial charge in [-0.25, -0.2) is 0 Å². The zero-order chi connectivity index (χ0) is 16.1. The van der Waals surface area contributed by atoms with Crippen LogP contribution in [-0.4, -0.2) is 36.9 Å². The van der Waals surface area contributed by atoms with E-state index in [1.54, 1.807) is 7.11 Å². The molecule has 0 atom stereocenters. The third kappa shape index (κ3) is 4.48. The second kappa shape index (κ2) is 7.51. The van der Waals surface area contributed by atoms with Crippen LogP contribution in [0.5, 0.6) is 11.5 Å². The molecule has 0 amide bonds. The van der Waals surface area contributed by atoms with Gasteiger partial charge in [0.25, 0.3) is 0 Å². The molecule has 124 valence electrons. The van der Waals surface area contributed by atoms with E-state index in [1.807, 2.05) is 37.3 Å². The third-order valence-corrected chi connectivity index (χ3v) is 4.31. The van der Waals surface area contributed by atoms with E-state index >= 15 is 0 Å². The third-order valence-electron chi connectivity index (χ3n) is 4.31. The van der Waals surface area contributed by atoms with Crippen molar-refractivity contribution in [1.82, 2.24) is 10.1 Å². The second-order valence-corrected chi connectivity index (χ2v) is 6.14. The van der Waals surface area contributed by atoms with Crippen LogP contribution in [-0.2, 0) is 6.54 Å². The van der Waals surface area contributed by atoms with Gasteiger partial charge in [0.1, 0.15) is 11.5 Å². The fraction of sp³-hybridized carbons (Fsp3) is 0.500. The van der Waals surface area contributed by atoms with Crippen molar-refractivity contribution in [3.05, 3.63) is 41.8 Å². The number of likely N-dealkylation sites (tertiary alicyclic amines) is 1. The molecule has 5 nitrogen and oxygen atoms in total. The van der Waals surface area contributed by atoms with E-state index in [0.29, 0.717) is 5.92 Å². The lowest BCUT2D eigenvalue weighted by Gasteiger charge is -2.31. The van der Waals surface area contributed by atoms with Gasteiger partial charge in [-0.3, -0.25) is 4.90 Å². The summed E-state index contributed by atoms with van der Waals surface area (Å²) in [5, 5.41) is 3.94. The molecule has 1 aromatic carbocycles. The van der Waals surface area contributed by atoms with E-state index in [1.165, 1.54) is 0 Å². The Morgan fingerprint density at radius 2 is 1.87 bits per heavy atom. The summed E-state index contributed by atoms with van der Waals surface area (Å²) in [4.78, 5) is 2.42. The molecule has 1 saturated heterocycles. The number of aromatic nitrogens is 1. The molecule has 0 saturated carbocycles. The van der Waals surface area contributed by atoms with Crippen LogP contribution in [0.4, 0.5) is 0 Å². The van der Waals surface area contributed by atoms with Gasteiger partial charge >= 0.3 is 0 Å². The number of hydrogen-bond donors (Lipinski definition) is 0. The molecule has 2 heterocycles. The molecule has 1 fully saturated rings. The number of piperidine rings is 1. The average Bonchev–Trinajstić information content (AvgIpc) is 2.99. The van der Waals surface area contributed by atoms with Crippen LogP contribution in [0, 0.1) is 12.8 Å². The number of methoxy groups -OCH3 is 1. The lowest BCUT2D eigenvalue weighted by atomic mass is 9.98. The summed E-state index contributed by atoms with van der Waals surface area (Å²) in [5.41, 5.74) is 0.947. The lowest BCUT2D eigenvalue weighted by molar-refractivity contribution is 0.128. The van der Waals surface area contributed by atoms with Crippen LogP contribution in [0.2, 0.25) is 0 Å². The van der Waals surface area contributed by atoms with Gasteiger partial charge in [-0.15, -0.1) is 0 Å². The molecule has 3 rings (SSSR count). The molecule has 0 bridgehead atoms. The highest BCUT2D eigenvalue weighted by Crippen LogP contribution is 2.22. The molecule has 0 radical (unpaired) electrons. The van der Waals surface area contributed by atoms with Crippen LogP contribution in [0.3, 0.4) is 0 Å². The number of ether oxygens (including phenoxy) is 2. The summed E-state index contributed by atoms with van der Waals surface area (Å²) in [5.74, 6) is 3.33. The molecular formula is C18H24N2O3. The topological polar surface area (TPSA) is 47.7 Å². The maximum absolute atomic E-state index is 5.90. The monoisotopic (exact) mass is 316 g/mol. The molecule has 23 heavy (non-hydrogen) atoms. The Balaban J connectivity index is 1.40. The molecule has 2 aromatic rings. The number of hydrogen-bond acceptors (Lipinski definition) is 5. The van der Waals surface area contributed by atoms with Gasteiger partial charge in [-0.05, 0) is 63.0 Å². The van der Waals surface area contributed by atoms with Crippen LogP contribution in [0.25, 0.3) is 0 Å². The minimum Gasteiger partial charge on any atom is -0.497 e. The SMILES string of the molecule is COc1ccc(OCC2CCN(Cc3cc(C)no3)CC2)cc1. The molecular weight excluding hydrogens is 292 g/mol. The quantitative estimate of drug-likeness (QED) is 0.818. The van der Waals surface area contributed by atoms with Gasteiger partial charge in [-0.2, -0.15) is 0 Å². The van der Waals surface area contributed by atoms with E-state index in [2.05, 4.69) is 10.1 Å². The van der Waals surface area contributed by atoms with E-state index < -0.39 is 0 Å². The van der Waals surface area contributed by atoms with Crippen LogP contribution in [0.15, 0.2) is 34.9 Å². The van der Waals surface area contributed by atoms with Crippen molar-refractivity contribution in [1.29, 1.82) is 0 Å². The highest BCUT2D eigenvalue weighted by Gasteiger charge is 2.20. The lowest BCUT2D eigenvalue weighted by Crippen LogP contribution is -2.35. The van der Waals surface area contributed by atoms with Crippen molar-refractivity contribution in [2.45, 2.75) is 26.3 Å². The van der Waals surface area contributed by atoms with Gasteiger partial charge < -0.3 is 14.0 Å². The van der Waals surface area contributed by atoms with Crippen molar-refractivity contribution in [2.75, 3.05) is 26.8 Å². The Morgan fingerprint density at radius 1 is 1.17 bits per heavy atom. The Hall–Kier alpha value is -2.01. The molecule has 5 heteroatoms. The van der Waals surface area contributed by atoms with E-state index in [9.17, 15) is 0 Å². The van der Waals surface area contributed by atoms with Crippen molar-refractivity contribution >= 4 is 0 Å². The summed E-state index contributed by atoms with van der Waals surface area (Å²) < 4.78 is 16.3. The predicted molar refractivity (Wildman–Crippen MR) is 87.7 cm³/mol. The van der Waals surface area contributed by atoms with Gasteiger partial charge in [0, 0.05) is 6.07 Å². The zero-order valence-corrected chi connectivity index (χ0v) is 13.8. The maximum Gasteiger partial charge on any atom is 0.150 e. The molecule has 0 unspecified atom stereocenters. The van der Waals surface area contributed by atoms with Crippen molar-refractivity contribution in [3.8, 4) is 11.5 Å². The van der Waals surface area contributed by atoms with Crippen molar-refractivity contribution < 1.29 is 14.0 Å². The van der Waals surface area contributed by atoms with Crippen molar-refractivity contribution in [3.63, 3.8) is 0 Å². The Morgan fingerprint density at radius 3 is 2.48 bits per heavy atom. The van der Waals surface area contributed by atoms with Crippen LogP contribution < -0.4 is 9.47 Å². The van der Waals surface area contributed by atoms with E-state index in [4.69, 9.17) is 14.0 Å². The molecule has 1 aromatic heterocycles. The van der Waals surface area contributed by atoms with Gasteiger partial charge in [0.15, 0.2) is 5.76 Å². The zero-order valence-electron chi connectivity index (χ0n) is 13.8. The van der Waals surface area contributed by atoms with Gasteiger partial charge in [-0.1, -0.05) is 5.16 Å². The highest BCUT2D eigenvalue weighted by molar-refractivity contribution is 5.31. The fourth-order valence-corrected chi connectivity index (χ4v) is 2.91. The Kier molecular flexibility index (Phi) is 5.18. The fourth-order valence-electron chi connectivity index (χ4n) is 2.91. The summed E-state index contributed by atoms with van der Waals surface area (Å²) in [7, 11) is 1.67. The molecule has 0 N–H and O–H groups in total. The predicted octanol–water partition coefficient (Wildman–Crippen LogP) is 3.28. The first-order valence-corrected chi connectivity index (χ1v) is 8.14. The number of nitrogens with zero attached hydrogens (tertiary/aromatic N) is 2. The summed E-state index contributed by atoms with van der Waals surface area (Å²) in [6, 6.07) is 9.79. The van der Waals surface area contributed by atoms with E-state index in [0.717, 1.165) is 62.0 Å². The second-order valence-electron chi connectivity index (χ2n) is 6.14. The largest absolute Gasteiger partial charge is 0.497 e. The number of rotatable bonds is 6. The average molecular weight is 316 g/mol. The standard InChI is InChI=1S/C18H24N2O3/c1-14-11-18(23-19-14)12-20-9-7-15(8-10-20)13-22-17-5-3-16(21-2)4-6-17/h3-6,11,15H,7-10,12-13H2,1-2H3. The smallest absolute Gasteiger partial charge is 0.150 e. The minimum atomic E-state index is 0.616. The highest BCUT2D eigenvalue weighted by atomic mass is 16.5. The first-order valence-electron chi connectivity index (χ1n) is 8.14. The first kappa shape index (κ1) is 15.9. The minimum absolute atomic E-state index is 0.616. The Labute approximate surface area is 137 Å². The first-order chi connectivity index (χ1) is 11.2. The summed E-state index contributed by atoms with van der Waals surface area (Å²) >= 11 is 0. The van der Waals surface area contributed by atoms with Crippen LogP contribution >= 0.6 is 0 Å². The van der Waals surface area contributed by atoms with Crippen LogP contribution in [0.1, 0.15) is 24.3 Å². The normalized spacial score (nSPS) is 16.4. The van der Waals surface area contributed by atoms with E-state index in [-0.39, 0.29) is 0 Å². The van der Waals surface area contributed by atoms with Crippen molar-refractivity contribution in [2.24, 2.45) is 5.92 Å². The molecule has 1 aliphatic heterocycles. The Bertz CT molecular complexity index is 601. The number of aryl methyl sites for hydroxylation is 1. The molecule has 1 aliphatic rings.